The molecule has 0 bridgehead atoms. The van der Waals surface area contributed by atoms with Crippen LogP contribution in [0, 0.1) is 0 Å². The van der Waals surface area contributed by atoms with E-state index in [0.29, 0.717) is 9.50 Å². The van der Waals surface area contributed by atoms with Crippen molar-refractivity contribution < 1.29 is 19.5 Å². The first kappa shape index (κ1) is 16.5. The maximum Gasteiger partial charge on any atom is 0.326 e. The summed E-state index contributed by atoms with van der Waals surface area (Å²) in [7, 11) is 0. The number of carbonyl (C=O) groups is 3. The number of halogens is 2. The van der Waals surface area contributed by atoms with Gasteiger partial charge in [-0.3, -0.25) is 9.59 Å². The number of rotatable bonds is 6. The number of carbonyl (C=O) groups excluding carboxylic acids is 2. The smallest absolute Gasteiger partial charge is 0.326 e. The van der Waals surface area contributed by atoms with Crippen LogP contribution in [0.2, 0.25) is 5.02 Å². The van der Waals surface area contributed by atoms with E-state index in [4.69, 9.17) is 22.4 Å². The summed E-state index contributed by atoms with van der Waals surface area (Å²) in [6.45, 7) is 0. The minimum atomic E-state index is -1.23. The molecule has 2 amide bonds. The summed E-state index contributed by atoms with van der Waals surface area (Å²) in [5.41, 5.74) is 5.21. The fourth-order valence-corrected chi connectivity index (χ4v) is 1.92. The number of benzene rings is 1. The molecular formula is C12H12BrClN2O4. The zero-order chi connectivity index (χ0) is 15.3. The van der Waals surface area contributed by atoms with Crippen molar-refractivity contribution in [2.75, 3.05) is 0 Å². The van der Waals surface area contributed by atoms with Crippen molar-refractivity contribution in [3.05, 3.63) is 33.3 Å². The van der Waals surface area contributed by atoms with Crippen LogP contribution in [-0.2, 0) is 9.59 Å². The highest BCUT2D eigenvalue weighted by molar-refractivity contribution is 9.10. The van der Waals surface area contributed by atoms with Gasteiger partial charge in [0.05, 0.1) is 5.02 Å². The van der Waals surface area contributed by atoms with Crippen LogP contribution in [0.25, 0.3) is 0 Å². The Balaban J connectivity index is 2.77. The highest BCUT2D eigenvalue weighted by Crippen LogP contribution is 2.23. The summed E-state index contributed by atoms with van der Waals surface area (Å²) >= 11 is 8.97. The van der Waals surface area contributed by atoms with E-state index >= 15 is 0 Å². The molecule has 0 aliphatic heterocycles. The van der Waals surface area contributed by atoms with Gasteiger partial charge >= 0.3 is 5.97 Å². The SMILES string of the molecule is NC(=O)CCC(NC(=O)c1ccc(Cl)c(Br)c1)C(=O)O. The van der Waals surface area contributed by atoms with Crippen LogP contribution >= 0.6 is 27.5 Å². The number of amides is 2. The Morgan fingerprint density at radius 1 is 1.40 bits per heavy atom. The van der Waals surface area contributed by atoms with Crippen molar-refractivity contribution in [1.82, 2.24) is 5.32 Å². The van der Waals surface area contributed by atoms with Crippen LogP contribution in [0.5, 0.6) is 0 Å². The van der Waals surface area contributed by atoms with Crippen LogP contribution in [-0.4, -0.2) is 28.9 Å². The third-order valence-corrected chi connectivity index (χ3v) is 3.68. The Bertz CT molecular complexity index is 550. The normalized spacial score (nSPS) is 11.7. The molecule has 6 nitrogen and oxygen atoms in total. The summed E-state index contributed by atoms with van der Waals surface area (Å²) in [6, 6.07) is 3.28. The molecule has 0 radical (unpaired) electrons. The van der Waals surface area contributed by atoms with E-state index in [9.17, 15) is 14.4 Å². The van der Waals surface area contributed by atoms with Crippen molar-refractivity contribution in [2.45, 2.75) is 18.9 Å². The maximum absolute atomic E-state index is 11.9. The van der Waals surface area contributed by atoms with E-state index in [1.165, 1.54) is 18.2 Å². The second-order valence-corrected chi connectivity index (χ2v) is 5.26. The first-order valence-electron chi connectivity index (χ1n) is 5.58. The molecule has 0 fully saturated rings. The lowest BCUT2D eigenvalue weighted by molar-refractivity contribution is -0.139. The summed E-state index contributed by atoms with van der Waals surface area (Å²) in [4.78, 5) is 33.6. The van der Waals surface area contributed by atoms with Crippen LogP contribution < -0.4 is 11.1 Å². The van der Waals surface area contributed by atoms with Crippen molar-refractivity contribution in [3.8, 4) is 0 Å². The predicted octanol–water partition coefficient (Wildman–Crippen LogP) is 1.55. The summed E-state index contributed by atoms with van der Waals surface area (Å²) in [5, 5.41) is 11.7. The van der Waals surface area contributed by atoms with Crippen LogP contribution in [0.15, 0.2) is 22.7 Å². The lowest BCUT2D eigenvalue weighted by Crippen LogP contribution is -2.41. The molecule has 1 atom stereocenters. The van der Waals surface area contributed by atoms with Gasteiger partial charge in [0.1, 0.15) is 6.04 Å². The molecule has 108 valence electrons. The zero-order valence-corrected chi connectivity index (χ0v) is 12.6. The van der Waals surface area contributed by atoms with Crippen molar-refractivity contribution >= 4 is 45.3 Å². The number of hydrogen-bond donors (Lipinski definition) is 3. The van der Waals surface area contributed by atoms with Gasteiger partial charge in [0, 0.05) is 16.5 Å². The molecule has 0 heterocycles. The quantitative estimate of drug-likeness (QED) is 0.712. The Hall–Kier alpha value is -1.60. The monoisotopic (exact) mass is 362 g/mol. The average Bonchev–Trinajstić information content (AvgIpc) is 2.36. The minimum Gasteiger partial charge on any atom is -0.480 e. The number of aliphatic carboxylic acids is 1. The summed E-state index contributed by atoms with van der Waals surface area (Å²) < 4.78 is 0.524. The van der Waals surface area contributed by atoms with E-state index in [1.54, 1.807) is 0 Å². The molecule has 0 spiro atoms. The lowest BCUT2D eigenvalue weighted by Gasteiger charge is -2.14. The highest BCUT2D eigenvalue weighted by Gasteiger charge is 2.21. The topological polar surface area (TPSA) is 109 Å². The second kappa shape index (κ2) is 7.25. The predicted molar refractivity (Wildman–Crippen MR) is 76.5 cm³/mol. The number of carboxylic acids is 1. The van der Waals surface area contributed by atoms with Gasteiger partial charge in [0.2, 0.25) is 5.91 Å². The standard InChI is InChI=1S/C12H12BrClN2O4/c13-7-5-6(1-2-8(7)14)11(18)16-9(12(19)20)3-4-10(15)17/h1-2,5,9H,3-4H2,(H2,15,17)(H,16,18)(H,19,20). The van der Waals surface area contributed by atoms with Gasteiger partial charge in [-0.25, -0.2) is 4.79 Å². The van der Waals surface area contributed by atoms with Gasteiger partial charge in [-0.15, -0.1) is 0 Å². The van der Waals surface area contributed by atoms with Crippen LogP contribution in [0.1, 0.15) is 23.2 Å². The minimum absolute atomic E-state index is 0.0643. The average molecular weight is 364 g/mol. The molecular weight excluding hydrogens is 351 g/mol. The van der Waals surface area contributed by atoms with Crippen LogP contribution in [0.3, 0.4) is 0 Å². The van der Waals surface area contributed by atoms with E-state index in [1.807, 2.05) is 0 Å². The number of nitrogens with one attached hydrogen (secondary N) is 1. The molecule has 1 aromatic carbocycles. The molecule has 20 heavy (non-hydrogen) atoms. The van der Waals surface area contributed by atoms with E-state index in [2.05, 4.69) is 21.2 Å². The number of hydrogen-bond acceptors (Lipinski definition) is 3. The molecule has 0 aliphatic rings. The molecule has 4 N–H and O–H groups in total. The van der Waals surface area contributed by atoms with Gasteiger partial charge in [-0.05, 0) is 40.5 Å². The number of nitrogens with two attached hydrogens (primary N) is 1. The Kier molecular flexibility index (Phi) is 5.97. The largest absolute Gasteiger partial charge is 0.480 e. The van der Waals surface area contributed by atoms with E-state index < -0.39 is 23.8 Å². The molecule has 0 saturated heterocycles. The third-order valence-electron chi connectivity index (χ3n) is 2.46. The fourth-order valence-electron chi connectivity index (χ4n) is 1.42. The number of primary amides is 1. The molecule has 0 aliphatic carbocycles. The summed E-state index contributed by atoms with van der Waals surface area (Å²) in [5.74, 6) is -2.42. The highest BCUT2D eigenvalue weighted by atomic mass is 79.9. The van der Waals surface area contributed by atoms with Gasteiger partial charge in [-0.2, -0.15) is 0 Å². The lowest BCUT2D eigenvalue weighted by atomic mass is 10.1. The third kappa shape index (κ3) is 4.82. The van der Waals surface area contributed by atoms with Gasteiger partial charge in [0.25, 0.3) is 5.91 Å². The molecule has 0 aromatic heterocycles. The molecule has 1 aromatic rings. The van der Waals surface area contributed by atoms with E-state index in [0.717, 1.165) is 0 Å². The van der Waals surface area contributed by atoms with Crippen molar-refractivity contribution in [2.24, 2.45) is 5.73 Å². The Morgan fingerprint density at radius 3 is 2.55 bits per heavy atom. The van der Waals surface area contributed by atoms with Crippen LogP contribution in [0.4, 0.5) is 0 Å². The maximum atomic E-state index is 11.9. The zero-order valence-electron chi connectivity index (χ0n) is 10.2. The van der Waals surface area contributed by atoms with Gasteiger partial charge in [0.15, 0.2) is 0 Å². The number of carboxylic acid groups (broad SMARTS) is 1. The van der Waals surface area contributed by atoms with Gasteiger partial charge < -0.3 is 16.2 Å². The van der Waals surface area contributed by atoms with Crippen molar-refractivity contribution in [3.63, 3.8) is 0 Å². The van der Waals surface area contributed by atoms with Crippen molar-refractivity contribution in [1.29, 1.82) is 0 Å². The second-order valence-electron chi connectivity index (χ2n) is 4.00. The molecule has 1 rings (SSSR count). The fraction of sp³-hybridized carbons (Fsp3) is 0.250. The first-order chi connectivity index (χ1) is 9.31. The molecule has 1 unspecified atom stereocenters. The Labute approximate surface area is 128 Å². The van der Waals surface area contributed by atoms with Gasteiger partial charge in [-0.1, -0.05) is 11.6 Å². The first-order valence-corrected chi connectivity index (χ1v) is 6.75. The molecule has 8 heteroatoms. The Morgan fingerprint density at radius 2 is 2.05 bits per heavy atom. The van der Waals surface area contributed by atoms with E-state index in [-0.39, 0.29) is 18.4 Å². The summed E-state index contributed by atoms with van der Waals surface area (Å²) in [6.07, 6.45) is -0.188. The molecule has 0 saturated carbocycles.